The van der Waals surface area contributed by atoms with E-state index in [0.29, 0.717) is 0 Å². The van der Waals surface area contributed by atoms with Gasteiger partial charge in [-0.3, -0.25) is 10.1 Å². The van der Waals surface area contributed by atoms with Gasteiger partial charge in [-0.05, 0) is 18.2 Å². The lowest BCUT2D eigenvalue weighted by molar-refractivity contribution is -0.118. The largest absolute Gasteiger partial charge is 0.488 e. The van der Waals surface area contributed by atoms with Crippen LogP contribution in [0.25, 0.3) is 0 Å². The van der Waals surface area contributed by atoms with Gasteiger partial charge in [-0.15, -0.1) is 10.2 Å². The highest BCUT2D eigenvalue weighted by molar-refractivity contribution is 7.91. The molecule has 0 atom stereocenters. The fraction of sp³-hybridized carbons (Fsp3) is 0.375. The number of aryl methyl sites for hydroxylation is 1. The standard InChI is InChI=1S/C16H16F2N4O6S/c17-12(18)9-27-10-2-1-3-11(6-10)29(25,26)5-4-14-20-21-15(28-14)8-22-7-13(23)19-16(22)24/h1-3,6,12H,4-5,7-9H2,(H,19,23,24). The Morgan fingerprint density at radius 2 is 2.00 bits per heavy atom. The number of ether oxygens (including phenoxy) is 1. The molecule has 1 N–H and O–H groups in total. The zero-order valence-corrected chi connectivity index (χ0v) is 15.7. The van der Waals surface area contributed by atoms with E-state index in [0.717, 1.165) is 0 Å². The lowest BCUT2D eigenvalue weighted by Gasteiger charge is -2.09. The molecule has 0 radical (unpaired) electrons. The van der Waals surface area contributed by atoms with Crippen molar-refractivity contribution in [3.63, 3.8) is 0 Å². The molecule has 1 saturated heterocycles. The molecule has 1 aliphatic rings. The Morgan fingerprint density at radius 3 is 2.69 bits per heavy atom. The van der Waals surface area contributed by atoms with Crippen LogP contribution in [0.1, 0.15) is 11.8 Å². The van der Waals surface area contributed by atoms with Crippen molar-refractivity contribution in [1.82, 2.24) is 20.4 Å². The summed E-state index contributed by atoms with van der Waals surface area (Å²) in [6.07, 6.45) is -2.77. The molecule has 2 aromatic rings. The van der Waals surface area contributed by atoms with Crippen LogP contribution in [0, 0.1) is 0 Å². The molecule has 0 saturated carbocycles. The molecule has 1 aliphatic heterocycles. The summed E-state index contributed by atoms with van der Waals surface area (Å²) in [5.41, 5.74) is 0. The molecule has 1 aromatic carbocycles. The summed E-state index contributed by atoms with van der Waals surface area (Å²) in [6.45, 7) is -1.05. The SMILES string of the molecule is O=C1CN(Cc2nnc(CCS(=O)(=O)c3cccc(OCC(F)F)c3)o2)C(=O)N1. The summed E-state index contributed by atoms with van der Waals surface area (Å²) in [5, 5.41) is 9.57. The zero-order valence-electron chi connectivity index (χ0n) is 14.9. The highest BCUT2D eigenvalue weighted by atomic mass is 32.2. The number of halogens is 2. The van der Waals surface area contributed by atoms with Gasteiger partial charge in [0.25, 0.3) is 6.43 Å². The van der Waals surface area contributed by atoms with Gasteiger partial charge in [0.1, 0.15) is 25.4 Å². The number of sulfone groups is 1. The lowest BCUT2D eigenvalue weighted by Crippen LogP contribution is -2.27. The van der Waals surface area contributed by atoms with E-state index in [1.54, 1.807) is 0 Å². The van der Waals surface area contributed by atoms with E-state index >= 15 is 0 Å². The van der Waals surface area contributed by atoms with Crippen LogP contribution in [0.3, 0.4) is 0 Å². The molecule has 13 heteroatoms. The number of urea groups is 1. The number of hydrogen-bond donors (Lipinski definition) is 1. The minimum Gasteiger partial charge on any atom is -0.488 e. The van der Waals surface area contributed by atoms with Crippen LogP contribution < -0.4 is 10.1 Å². The molecule has 1 fully saturated rings. The fourth-order valence-corrected chi connectivity index (χ4v) is 3.74. The quantitative estimate of drug-likeness (QED) is 0.578. The maximum atomic E-state index is 12.5. The van der Waals surface area contributed by atoms with Crippen LogP contribution in [0.4, 0.5) is 13.6 Å². The van der Waals surface area contributed by atoms with Crippen LogP contribution in [0.2, 0.25) is 0 Å². The number of carbonyl (C=O) groups is 2. The van der Waals surface area contributed by atoms with Crippen molar-refractivity contribution in [2.45, 2.75) is 24.3 Å². The number of amides is 3. The third kappa shape index (κ3) is 5.47. The van der Waals surface area contributed by atoms with Crippen molar-refractivity contribution in [3.05, 3.63) is 36.0 Å². The molecular formula is C16H16F2N4O6S. The average molecular weight is 430 g/mol. The summed E-state index contributed by atoms with van der Waals surface area (Å²) in [4.78, 5) is 23.7. The van der Waals surface area contributed by atoms with E-state index in [-0.39, 0.29) is 47.7 Å². The second-order valence-corrected chi connectivity index (χ2v) is 8.15. The van der Waals surface area contributed by atoms with Crippen molar-refractivity contribution < 1.29 is 35.9 Å². The van der Waals surface area contributed by atoms with Crippen molar-refractivity contribution >= 4 is 21.8 Å². The Bertz CT molecular complexity index is 1010. The number of alkyl halides is 2. The van der Waals surface area contributed by atoms with Crippen LogP contribution in [-0.4, -0.2) is 60.8 Å². The maximum Gasteiger partial charge on any atom is 0.325 e. The minimum atomic E-state index is -3.76. The van der Waals surface area contributed by atoms with Crippen LogP contribution in [-0.2, 0) is 27.6 Å². The van der Waals surface area contributed by atoms with Crippen molar-refractivity contribution in [2.24, 2.45) is 0 Å². The van der Waals surface area contributed by atoms with E-state index in [9.17, 15) is 26.8 Å². The van der Waals surface area contributed by atoms with Gasteiger partial charge in [-0.1, -0.05) is 6.07 Å². The van der Waals surface area contributed by atoms with E-state index in [1.807, 2.05) is 0 Å². The van der Waals surface area contributed by atoms with Gasteiger partial charge in [-0.25, -0.2) is 22.0 Å². The highest BCUT2D eigenvalue weighted by Gasteiger charge is 2.28. The second-order valence-electron chi connectivity index (χ2n) is 6.04. The number of aromatic nitrogens is 2. The van der Waals surface area contributed by atoms with Crippen LogP contribution in [0.5, 0.6) is 5.75 Å². The van der Waals surface area contributed by atoms with Crippen molar-refractivity contribution in [3.8, 4) is 5.75 Å². The monoisotopic (exact) mass is 430 g/mol. The Morgan fingerprint density at radius 1 is 1.24 bits per heavy atom. The molecule has 2 heterocycles. The maximum absolute atomic E-state index is 12.5. The van der Waals surface area contributed by atoms with Crippen LogP contribution >= 0.6 is 0 Å². The molecule has 3 amide bonds. The molecule has 0 spiro atoms. The summed E-state index contributed by atoms with van der Waals surface area (Å²) in [6, 6.07) is 4.68. The molecule has 0 unspecified atom stereocenters. The molecule has 0 aliphatic carbocycles. The van der Waals surface area contributed by atoms with Gasteiger partial charge in [0, 0.05) is 6.42 Å². The summed E-state index contributed by atoms with van der Waals surface area (Å²) >= 11 is 0. The Labute approximate surface area is 163 Å². The van der Waals surface area contributed by atoms with Gasteiger partial charge < -0.3 is 14.1 Å². The molecular weight excluding hydrogens is 414 g/mol. The number of benzene rings is 1. The van der Waals surface area contributed by atoms with E-state index in [1.165, 1.54) is 29.2 Å². The normalized spacial score (nSPS) is 14.5. The number of imide groups is 1. The van der Waals surface area contributed by atoms with Gasteiger partial charge in [0.05, 0.1) is 10.6 Å². The smallest absolute Gasteiger partial charge is 0.325 e. The first kappa shape index (κ1) is 20.6. The molecule has 29 heavy (non-hydrogen) atoms. The summed E-state index contributed by atoms with van der Waals surface area (Å²) in [7, 11) is -3.76. The number of carbonyl (C=O) groups excluding carboxylic acids is 2. The van der Waals surface area contributed by atoms with E-state index < -0.39 is 34.8 Å². The van der Waals surface area contributed by atoms with Gasteiger partial charge in [0.15, 0.2) is 9.84 Å². The topological polar surface area (TPSA) is 132 Å². The van der Waals surface area contributed by atoms with Gasteiger partial charge in [0.2, 0.25) is 17.7 Å². The van der Waals surface area contributed by atoms with Crippen molar-refractivity contribution in [2.75, 3.05) is 18.9 Å². The molecule has 10 nitrogen and oxygen atoms in total. The lowest BCUT2D eigenvalue weighted by atomic mass is 10.3. The number of hydrogen-bond acceptors (Lipinski definition) is 8. The number of nitrogens with one attached hydrogen (secondary N) is 1. The van der Waals surface area contributed by atoms with Crippen molar-refractivity contribution in [1.29, 1.82) is 0 Å². The predicted octanol–water partition coefficient (Wildman–Crippen LogP) is 0.782. The first-order chi connectivity index (χ1) is 13.7. The highest BCUT2D eigenvalue weighted by Crippen LogP contribution is 2.20. The average Bonchev–Trinajstić information content (AvgIpc) is 3.24. The minimum absolute atomic E-state index is 0.0184. The summed E-state index contributed by atoms with van der Waals surface area (Å²) < 4.78 is 59.5. The second kappa shape index (κ2) is 8.51. The Kier molecular flexibility index (Phi) is 6.06. The fourth-order valence-electron chi connectivity index (χ4n) is 2.48. The zero-order chi connectivity index (χ0) is 21.0. The van der Waals surface area contributed by atoms with Gasteiger partial charge >= 0.3 is 6.03 Å². The number of rotatable bonds is 9. The molecule has 156 valence electrons. The first-order valence-electron chi connectivity index (χ1n) is 8.37. The number of nitrogens with zero attached hydrogens (tertiary/aromatic N) is 3. The summed E-state index contributed by atoms with van der Waals surface area (Å²) in [5.74, 6) is -0.690. The first-order valence-corrected chi connectivity index (χ1v) is 10.0. The Hall–Kier alpha value is -3.09. The third-order valence-electron chi connectivity index (χ3n) is 3.83. The Balaban J connectivity index is 1.59. The molecule has 0 bridgehead atoms. The molecule has 3 rings (SSSR count). The van der Waals surface area contributed by atoms with E-state index in [2.05, 4.69) is 15.5 Å². The molecule has 1 aromatic heterocycles. The van der Waals surface area contributed by atoms with Gasteiger partial charge in [-0.2, -0.15) is 0 Å². The predicted molar refractivity (Wildman–Crippen MR) is 91.9 cm³/mol. The van der Waals surface area contributed by atoms with E-state index in [4.69, 9.17) is 9.15 Å². The van der Waals surface area contributed by atoms with Crippen LogP contribution in [0.15, 0.2) is 33.6 Å². The third-order valence-corrected chi connectivity index (χ3v) is 5.54.